The summed E-state index contributed by atoms with van der Waals surface area (Å²) in [4.78, 5) is 11.1. The fraction of sp³-hybridized carbons (Fsp3) is 0.500. The minimum Gasteiger partial charge on any atom is -0.369 e. The maximum absolute atomic E-state index is 5.42. The summed E-state index contributed by atoms with van der Waals surface area (Å²) in [6, 6.07) is 2.18. The lowest BCUT2D eigenvalue weighted by Gasteiger charge is -2.07. The predicted octanol–water partition coefficient (Wildman–Crippen LogP) is 2.36. The zero-order valence-corrected chi connectivity index (χ0v) is 11.2. The van der Waals surface area contributed by atoms with Crippen LogP contribution in [0.4, 0.5) is 11.8 Å². The third-order valence-electron chi connectivity index (χ3n) is 3.18. The van der Waals surface area contributed by atoms with Crippen molar-refractivity contribution in [3.05, 3.63) is 10.9 Å². The van der Waals surface area contributed by atoms with E-state index in [0.717, 1.165) is 34.9 Å². The van der Waals surface area contributed by atoms with Crippen LogP contribution in [-0.2, 0) is 6.42 Å². The van der Waals surface area contributed by atoms with Gasteiger partial charge in [0.05, 0.1) is 5.39 Å². The van der Waals surface area contributed by atoms with Crippen LogP contribution in [0.5, 0.6) is 0 Å². The molecular formula is C12H17N5S. The zero-order valence-electron chi connectivity index (χ0n) is 10.4. The maximum Gasteiger partial charge on any atom is 0.240 e. The summed E-state index contributed by atoms with van der Waals surface area (Å²) >= 11 is 1.70. The van der Waals surface area contributed by atoms with Gasteiger partial charge in [-0.2, -0.15) is 4.98 Å². The number of nitrogens with two attached hydrogens (primary N) is 1. The van der Waals surface area contributed by atoms with Gasteiger partial charge in [0.1, 0.15) is 10.6 Å². The molecular weight excluding hydrogens is 246 g/mol. The van der Waals surface area contributed by atoms with Gasteiger partial charge in [-0.15, -0.1) is 11.3 Å². The van der Waals surface area contributed by atoms with Gasteiger partial charge < -0.3 is 5.32 Å². The second-order valence-corrected chi connectivity index (χ2v) is 5.76. The Morgan fingerprint density at radius 3 is 2.94 bits per heavy atom. The highest BCUT2D eigenvalue weighted by Gasteiger charge is 2.21. The van der Waals surface area contributed by atoms with Crippen molar-refractivity contribution >= 4 is 33.3 Å². The van der Waals surface area contributed by atoms with E-state index in [9.17, 15) is 0 Å². The molecule has 1 saturated carbocycles. The molecule has 0 spiro atoms. The Kier molecular flexibility index (Phi) is 3.05. The number of nitrogens with zero attached hydrogens (tertiary/aromatic N) is 2. The highest BCUT2D eigenvalue weighted by molar-refractivity contribution is 7.18. The highest BCUT2D eigenvalue weighted by Crippen LogP contribution is 2.32. The molecule has 0 bridgehead atoms. The van der Waals surface area contributed by atoms with E-state index in [1.54, 1.807) is 11.3 Å². The minimum absolute atomic E-state index is 0.477. The Hall–Kier alpha value is -1.40. The number of hydrazine groups is 1. The number of rotatable bonds is 5. The lowest BCUT2D eigenvalue weighted by molar-refractivity contribution is 0.884. The Morgan fingerprint density at radius 1 is 1.44 bits per heavy atom. The molecule has 1 aliphatic carbocycles. The number of nitrogen functional groups attached to an aromatic ring is 1. The molecule has 0 saturated heterocycles. The van der Waals surface area contributed by atoms with Crippen LogP contribution in [0.2, 0.25) is 0 Å². The van der Waals surface area contributed by atoms with Crippen LogP contribution in [0.1, 0.15) is 24.6 Å². The number of anilines is 2. The molecule has 96 valence electrons. The molecule has 1 fully saturated rings. The molecule has 0 aromatic carbocycles. The van der Waals surface area contributed by atoms with Gasteiger partial charge in [0, 0.05) is 11.4 Å². The van der Waals surface area contributed by atoms with Gasteiger partial charge >= 0.3 is 0 Å². The van der Waals surface area contributed by atoms with Crippen LogP contribution in [0.15, 0.2) is 6.07 Å². The van der Waals surface area contributed by atoms with Crippen molar-refractivity contribution < 1.29 is 0 Å². The first kappa shape index (κ1) is 11.7. The third-order valence-corrected chi connectivity index (χ3v) is 4.35. The van der Waals surface area contributed by atoms with Gasteiger partial charge in [0.2, 0.25) is 5.95 Å². The number of nitrogens with one attached hydrogen (secondary N) is 2. The first-order valence-corrected chi connectivity index (χ1v) is 7.12. The van der Waals surface area contributed by atoms with Crippen molar-refractivity contribution in [1.29, 1.82) is 0 Å². The maximum atomic E-state index is 5.42. The molecule has 0 atom stereocenters. The summed E-state index contributed by atoms with van der Waals surface area (Å²) in [6.07, 6.45) is 3.68. The normalized spacial score (nSPS) is 15.0. The van der Waals surface area contributed by atoms with Crippen molar-refractivity contribution in [3.8, 4) is 0 Å². The molecule has 2 heterocycles. The first-order chi connectivity index (χ1) is 8.80. The summed E-state index contributed by atoms with van der Waals surface area (Å²) in [5.74, 6) is 7.61. The standard InChI is InChI=1S/C12H17N5S/c1-2-8-5-9-10(14-6-7-3-4-7)15-12(17-13)16-11(9)18-8/h5,7H,2-4,6,13H2,1H3,(H2,14,15,16,17). The molecule has 3 rings (SSSR count). The second kappa shape index (κ2) is 4.70. The summed E-state index contributed by atoms with van der Waals surface area (Å²) in [5.41, 5.74) is 2.53. The Balaban J connectivity index is 1.98. The second-order valence-electron chi connectivity index (χ2n) is 4.65. The molecule has 5 nitrogen and oxygen atoms in total. The van der Waals surface area contributed by atoms with E-state index in [-0.39, 0.29) is 0 Å². The number of thiophene rings is 1. The molecule has 0 radical (unpaired) electrons. The van der Waals surface area contributed by atoms with Gasteiger partial charge in [0.25, 0.3) is 0 Å². The van der Waals surface area contributed by atoms with E-state index in [4.69, 9.17) is 5.84 Å². The molecule has 4 N–H and O–H groups in total. The predicted molar refractivity (Wildman–Crippen MR) is 75.8 cm³/mol. The van der Waals surface area contributed by atoms with Crippen molar-refractivity contribution in [2.45, 2.75) is 26.2 Å². The third kappa shape index (κ3) is 2.26. The van der Waals surface area contributed by atoms with Crippen molar-refractivity contribution in [2.24, 2.45) is 11.8 Å². The van der Waals surface area contributed by atoms with Crippen molar-refractivity contribution in [2.75, 3.05) is 17.3 Å². The van der Waals surface area contributed by atoms with E-state index < -0.39 is 0 Å². The smallest absolute Gasteiger partial charge is 0.240 e. The SMILES string of the molecule is CCc1cc2c(NCC3CC3)nc(NN)nc2s1. The molecule has 1 aliphatic rings. The number of aryl methyl sites for hydroxylation is 1. The Labute approximate surface area is 110 Å². The molecule has 18 heavy (non-hydrogen) atoms. The highest BCUT2D eigenvalue weighted by atomic mass is 32.1. The average molecular weight is 263 g/mol. The average Bonchev–Trinajstić information content (AvgIpc) is 3.13. The Bertz CT molecular complexity index is 561. The topological polar surface area (TPSA) is 75.9 Å². The van der Waals surface area contributed by atoms with Crippen LogP contribution in [0.25, 0.3) is 10.2 Å². The fourth-order valence-electron chi connectivity index (χ4n) is 1.91. The van der Waals surface area contributed by atoms with Crippen LogP contribution < -0.4 is 16.6 Å². The molecule has 2 aromatic heterocycles. The van der Waals surface area contributed by atoms with E-state index >= 15 is 0 Å². The summed E-state index contributed by atoms with van der Waals surface area (Å²) < 4.78 is 0. The van der Waals surface area contributed by atoms with Crippen LogP contribution in [-0.4, -0.2) is 16.5 Å². The summed E-state index contributed by atoms with van der Waals surface area (Å²) in [7, 11) is 0. The van der Waals surface area contributed by atoms with E-state index in [1.807, 2.05) is 0 Å². The molecule has 6 heteroatoms. The van der Waals surface area contributed by atoms with Crippen molar-refractivity contribution in [1.82, 2.24) is 9.97 Å². The van der Waals surface area contributed by atoms with E-state index in [1.165, 1.54) is 17.7 Å². The summed E-state index contributed by atoms with van der Waals surface area (Å²) in [5, 5.41) is 4.53. The lowest BCUT2D eigenvalue weighted by atomic mass is 10.3. The minimum atomic E-state index is 0.477. The van der Waals surface area contributed by atoms with Gasteiger partial charge in [-0.25, -0.2) is 10.8 Å². The van der Waals surface area contributed by atoms with Gasteiger partial charge in [-0.05, 0) is 31.2 Å². The molecule has 2 aromatic rings. The van der Waals surface area contributed by atoms with Crippen LogP contribution >= 0.6 is 11.3 Å². The molecule has 0 unspecified atom stereocenters. The fourth-order valence-corrected chi connectivity index (χ4v) is 2.88. The van der Waals surface area contributed by atoms with Crippen LogP contribution in [0.3, 0.4) is 0 Å². The van der Waals surface area contributed by atoms with Gasteiger partial charge in [-0.3, -0.25) is 5.43 Å². The van der Waals surface area contributed by atoms with Gasteiger partial charge in [-0.1, -0.05) is 6.92 Å². The zero-order chi connectivity index (χ0) is 12.5. The van der Waals surface area contributed by atoms with E-state index in [0.29, 0.717) is 5.95 Å². The number of aromatic nitrogens is 2. The van der Waals surface area contributed by atoms with Gasteiger partial charge in [0.15, 0.2) is 0 Å². The van der Waals surface area contributed by atoms with Crippen molar-refractivity contribution in [3.63, 3.8) is 0 Å². The van der Waals surface area contributed by atoms with Crippen LogP contribution in [0, 0.1) is 5.92 Å². The first-order valence-electron chi connectivity index (χ1n) is 6.31. The molecule has 0 aliphatic heterocycles. The largest absolute Gasteiger partial charge is 0.369 e. The quantitative estimate of drug-likeness (QED) is 0.570. The molecule has 0 amide bonds. The number of fused-ring (bicyclic) bond motifs is 1. The monoisotopic (exact) mass is 263 g/mol. The Morgan fingerprint density at radius 2 is 2.28 bits per heavy atom. The summed E-state index contributed by atoms with van der Waals surface area (Å²) in [6.45, 7) is 3.14. The number of hydrogen-bond donors (Lipinski definition) is 3. The lowest BCUT2D eigenvalue weighted by Crippen LogP contribution is -2.12. The van der Waals surface area contributed by atoms with E-state index in [2.05, 4.69) is 33.7 Å². The number of hydrogen-bond acceptors (Lipinski definition) is 6.